The zero-order chi connectivity index (χ0) is 18.2. The van der Waals surface area contributed by atoms with Gasteiger partial charge in [0.25, 0.3) is 0 Å². The van der Waals surface area contributed by atoms with Gasteiger partial charge in [0.2, 0.25) is 11.8 Å². The summed E-state index contributed by atoms with van der Waals surface area (Å²) in [7, 11) is 0. The van der Waals surface area contributed by atoms with E-state index < -0.39 is 28.7 Å². The minimum Gasteiger partial charge on any atom is -0.423 e. The molecule has 25 heavy (non-hydrogen) atoms. The number of aryl methyl sites for hydroxylation is 1. The van der Waals surface area contributed by atoms with Crippen molar-refractivity contribution in [2.24, 2.45) is 0 Å². The van der Waals surface area contributed by atoms with Crippen LogP contribution in [0.3, 0.4) is 0 Å². The van der Waals surface area contributed by atoms with Crippen LogP contribution in [0.1, 0.15) is 29.0 Å². The molecule has 0 bridgehead atoms. The smallest absolute Gasteiger partial charge is 0.420 e. The summed E-state index contributed by atoms with van der Waals surface area (Å²) in [4.78, 5) is 1.84. The summed E-state index contributed by atoms with van der Waals surface area (Å²) in [5.74, 6) is -0.682. The van der Waals surface area contributed by atoms with Crippen molar-refractivity contribution in [2.75, 3.05) is 19.7 Å². The quantitative estimate of drug-likeness (QED) is 0.760. The van der Waals surface area contributed by atoms with Crippen LogP contribution in [-0.4, -0.2) is 34.8 Å². The first-order chi connectivity index (χ1) is 11.8. The SMILES string of the molecule is Cc1nnc(C2CN(Cc3ccc(F)c(C(F)(F)F)c3Cl)CCO2)o1. The van der Waals surface area contributed by atoms with Crippen molar-refractivity contribution in [3.63, 3.8) is 0 Å². The van der Waals surface area contributed by atoms with E-state index in [9.17, 15) is 17.6 Å². The monoisotopic (exact) mass is 379 g/mol. The predicted octanol–water partition coefficient (Wildman–Crippen LogP) is 3.76. The fraction of sp³-hybridized carbons (Fsp3) is 0.467. The van der Waals surface area contributed by atoms with Crippen molar-refractivity contribution < 1.29 is 26.7 Å². The molecule has 1 fully saturated rings. The highest BCUT2D eigenvalue weighted by Crippen LogP contribution is 2.38. The van der Waals surface area contributed by atoms with Gasteiger partial charge in [-0.3, -0.25) is 4.90 Å². The largest absolute Gasteiger partial charge is 0.423 e. The lowest BCUT2D eigenvalue weighted by Gasteiger charge is -2.31. The highest BCUT2D eigenvalue weighted by Gasteiger charge is 2.38. The number of hydrogen-bond donors (Lipinski definition) is 0. The van der Waals surface area contributed by atoms with E-state index in [0.29, 0.717) is 31.5 Å². The summed E-state index contributed by atoms with van der Waals surface area (Å²) in [6.07, 6.45) is -5.33. The van der Waals surface area contributed by atoms with E-state index >= 15 is 0 Å². The first-order valence-corrected chi connectivity index (χ1v) is 7.81. The summed E-state index contributed by atoms with van der Waals surface area (Å²) in [6.45, 7) is 2.94. The number of aromatic nitrogens is 2. The molecule has 2 heterocycles. The van der Waals surface area contributed by atoms with Gasteiger partial charge >= 0.3 is 6.18 Å². The van der Waals surface area contributed by atoms with Gasteiger partial charge < -0.3 is 9.15 Å². The first kappa shape index (κ1) is 18.1. The van der Waals surface area contributed by atoms with Crippen LogP contribution in [-0.2, 0) is 17.5 Å². The summed E-state index contributed by atoms with van der Waals surface area (Å²) < 4.78 is 63.3. The van der Waals surface area contributed by atoms with Crippen LogP contribution in [0.5, 0.6) is 0 Å². The third-order valence-electron chi connectivity index (χ3n) is 3.82. The van der Waals surface area contributed by atoms with Crippen LogP contribution in [0.4, 0.5) is 17.6 Å². The number of benzene rings is 1. The highest BCUT2D eigenvalue weighted by atomic mass is 35.5. The van der Waals surface area contributed by atoms with Crippen LogP contribution in [0.25, 0.3) is 0 Å². The molecular weight excluding hydrogens is 366 g/mol. The van der Waals surface area contributed by atoms with Crippen molar-refractivity contribution >= 4 is 11.6 Å². The average molecular weight is 380 g/mol. The average Bonchev–Trinajstić information content (AvgIpc) is 2.96. The summed E-state index contributed by atoms with van der Waals surface area (Å²) >= 11 is 5.82. The maximum absolute atomic E-state index is 13.5. The number of nitrogens with zero attached hydrogens (tertiary/aromatic N) is 3. The van der Waals surface area contributed by atoms with E-state index in [0.717, 1.165) is 6.07 Å². The second-order valence-corrected chi connectivity index (χ2v) is 6.03. The predicted molar refractivity (Wildman–Crippen MR) is 79.4 cm³/mol. The number of hydrogen-bond acceptors (Lipinski definition) is 5. The summed E-state index contributed by atoms with van der Waals surface area (Å²) in [5, 5.41) is 7.00. The van der Waals surface area contributed by atoms with E-state index in [1.165, 1.54) is 6.07 Å². The Kier molecular flexibility index (Phi) is 4.99. The third kappa shape index (κ3) is 3.94. The molecule has 1 saturated heterocycles. The molecule has 0 amide bonds. The van der Waals surface area contributed by atoms with Crippen molar-refractivity contribution in [3.05, 3.63) is 45.9 Å². The van der Waals surface area contributed by atoms with Gasteiger partial charge in [-0.15, -0.1) is 10.2 Å². The van der Waals surface area contributed by atoms with E-state index in [-0.39, 0.29) is 12.1 Å². The molecule has 5 nitrogen and oxygen atoms in total. The van der Waals surface area contributed by atoms with Crippen molar-refractivity contribution in [1.29, 1.82) is 0 Å². The lowest BCUT2D eigenvalue weighted by atomic mass is 10.1. The van der Waals surface area contributed by atoms with Gasteiger partial charge in [-0.2, -0.15) is 13.2 Å². The molecule has 136 valence electrons. The molecule has 1 aromatic heterocycles. The van der Waals surface area contributed by atoms with Crippen LogP contribution in [0, 0.1) is 12.7 Å². The van der Waals surface area contributed by atoms with Crippen molar-refractivity contribution in [1.82, 2.24) is 15.1 Å². The Labute approximate surface area is 145 Å². The molecular formula is C15H14ClF4N3O2. The Hall–Kier alpha value is -1.71. The molecule has 1 aliphatic heterocycles. The van der Waals surface area contributed by atoms with Gasteiger partial charge in [0, 0.05) is 26.6 Å². The molecule has 1 aromatic carbocycles. The first-order valence-electron chi connectivity index (χ1n) is 7.43. The Balaban J connectivity index is 1.78. The normalized spacial score (nSPS) is 19.4. The lowest BCUT2D eigenvalue weighted by molar-refractivity contribution is -0.139. The lowest BCUT2D eigenvalue weighted by Crippen LogP contribution is -2.38. The molecule has 1 atom stereocenters. The summed E-state index contributed by atoms with van der Waals surface area (Å²) in [6, 6.07) is 2.04. The third-order valence-corrected chi connectivity index (χ3v) is 4.25. The van der Waals surface area contributed by atoms with Gasteiger partial charge in [0.1, 0.15) is 17.5 Å². The van der Waals surface area contributed by atoms with Crippen molar-refractivity contribution in [2.45, 2.75) is 25.7 Å². The molecule has 1 aliphatic rings. The minimum absolute atomic E-state index is 0.120. The second kappa shape index (κ2) is 6.89. The molecule has 0 saturated carbocycles. The van der Waals surface area contributed by atoms with E-state index in [2.05, 4.69) is 10.2 Å². The van der Waals surface area contributed by atoms with E-state index in [1.807, 2.05) is 4.90 Å². The van der Waals surface area contributed by atoms with Gasteiger partial charge in [0.15, 0.2) is 0 Å². The fourth-order valence-electron chi connectivity index (χ4n) is 2.66. The number of ether oxygens (including phenoxy) is 1. The Morgan fingerprint density at radius 3 is 2.72 bits per heavy atom. The molecule has 0 aliphatic carbocycles. The molecule has 2 aromatic rings. The highest BCUT2D eigenvalue weighted by molar-refractivity contribution is 6.32. The standard InChI is InChI=1S/C15H14ClF4N3O2/c1-8-21-22-14(25-8)11-7-23(4-5-24-11)6-9-2-3-10(17)12(13(9)16)15(18,19)20/h2-3,11H,4-7H2,1H3. The Morgan fingerprint density at radius 1 is 1.32 bits per heavy atom. The van der Waals surface area contributed by atoms with E-state index in [1.54, 1.807) is 6.92 Å². The molecule has 1 unspecified atom stereocenters. The molecule has 0 radical (unpaired) electrons. The van der Waals surface area contributed by atoms with E-state index in [4.69, 9.17) is 20.8 Å². The van der Waals surface area contributed by atoms with Crippen LogP contribution in [0.2, 0.25) is 5.02 Å². The topological polar surface area (TPSA) is 51.4 Å². The second-order valence-electron chi connectivity index (χ2n) is 5.65. The summed E-state index contributed by atoms with van der Waals surface area (Å²) in [5.41, 5.74) is -1.25. The number of halogens is 5. The fourth-order valence-corrected chi connectivity index (χ4v) is 2.98. The number of morpholine rings is 1. The molecule has 3 rings (SSSR count). The maximum atomic E-state index is 13.5. The van der Waals surface area contributed by atoms with Crippen LogP contribution >= 0.6 is 11.6 Å². The van der Waals surface area contributed by atoms with Gasteiger partial charge in [-0.25, -0.2) is 4.39 Å². The minimum atomic E-state index is -4.86. The maximum Gasteiger partial charge on any atom is 0.420 e. The van der Waals surface area contributed by atoms with Crippen LogP contribution in [0.15, 0.2) is 16.5 Å². The van der Waals surface area contributed by atoms with Crippen molar-refractivity contribution in [3.8, 4) is 0 Å². The van der Waals surface area contributed by atoms with Crippen LogP contribution < -0.4 is 0 Å². The Bertz CT molecular complexity index is 766. The number of alkyl halides is 3. The van der Waals surface area contributed by atoms with Gasteiger partial charge in [0.05, 0.1) is 11.6 Å². The zero-order valence-corrected chi connectivity index (χ0v) is 13.9. The van der Waals surface area contributed by atoms with Gasteiger partial charge in [-0.05, 0) is 11.6 Å². The molecule has 0 N–H and O–H groups in total. The zero-order valence-electron chi connectivity index (χ0n) is 13.1. The number of rotatable bonds is 3. The Morgan fingerprint density at radius 2 is 2.08 bits per heavy atom. The van der Waals surface area contributed by atoms with Gasteiger partial charge in [-0.1, -0.05) is 17.7 Å². The molecule has 10 heteroatoms. The molecule has 0 spiro atoms.